The van der Waals surface area contributed by atoms with Gasteiger partial charge in [-0.05, 0) is 28.8 Å². The van der Waals surface area contributed by atoms with Crippen molar-refractivity contribution in [2.24, 2.45) is 0 Å². The Labute approximate surface area is 152 Å². The molecule has 1 atom stereocenters. The van der Waals surface area contributed by atoms with Crippen LogP contribution in [0.4, 0.5) is 5.69 Å². The summed E-state index contributed by atoms with van der Waals surface area (Å²) in [5, 5.41) is 0. The van der Waals surface area contributed by atoms with E-state index in [1.54, 1.807) is 0 Å². The van der Waals surface area contributed by atoms with E-state index in [0.29, 0.717) is 0 Å². The summed E-state index contributed by atoms with van der Waals surface area (Å²) in [6, 6.07) is 27.5. The minimum absolute atomic E-state index is 0.322. The minimum Gasteiger partial charge on any atom is -0.399 e. The maximum atomic E-state index is 5.97. The van der Waals surface area contributed by atoms with Crippen molar-refractivity contribution in [1.82, 2.24) is 9.55 Å². The summed E-state index contributed by atoms with van der Waals surface area (Å²) >= 11 is 0. The monoisotopic (exact) mass is 337 g/mol. The largest absolute Gasteiger partial charge is 0.399 e. The number of hydrogen-bond acceptors (Lipinski definition) is 2. The topological polar surface area (TPSA) is 43.8 Å². The van der Waals surface area contributed by atoms with Crippen LogP contribution in [0.3, 0.4) is 0 Å². The molecule has 4 aromatic rings. The molecular weight excluding hydrogens is 318 g/mol. The molecule has 126 valence electrons. The first kappa shape index (κ1) is 15.0. The van der Waals surface area contributed by atoms with Gasteiger partial charge in [0.05, 0.1) is 0 Å². The maximum Gasteiger partial charge on any atom is 0.141 e. The van der Waals surface area contributed by atoms with Gasteiger partial charge in [0.15, 0.2) is 0 Å². The third kappa shape index (κ3) is 2.04. The van der Waals surface area contributed by atoms with E-state index < -0.39 is 0 Å². The van der Waals surface area contributed by atoms with Crippen molar-refractivity contribution in [3.63, 3.8) is 0 Å². The average molecular weight is 337 g/mol. The summed E-state index contributed by atoms with van der Waals surface area (Å²) in [5.74, 6) is 1.02. The highest BCUT2D eigenvalue weighted by Gasteiger charge is 2.44. The lowest BCUT2D eigenvalue weighted by atomic mass is 9.78. The van der Waals surface area contributed by atoms with Gasteiger partial charge in [-0.3, -0.25) is 0 Å². The smallest absolute Gasteiger partial charge is 0.141 e. The molecule has 1 aromatic heterocycles. The van der Waals surface area contributed by atoms with Gasteiger partial charge in [0.1, 0.15) is 11.4 Å². The van der Waals surface area contributed by atoms with Gasteiger partial charge in [-0.2, -0.15) is 0 Å². The molecule has 0 radical (unpaired) electrons. The van der Waals surface area contributed by atoms with Gasteiger partial charge in [0.2, 0.25) is 0 Å². The van der Waals surface area contributed by atoms with Gasteiger partial charge in [0.25, 0.3) is 0 Å². The number of aromatic nitrogens is 2. The number of imidazole rings is 1. The molecule has 0 amide bonds. The normalized spacial score (nSPS) is 17.7. The molecular formula is C23H19N3. The molecule has 1 aliphatic rings. The number of fused-ring (bicyclic) bond motifs is 3. The second-order valence-corrected chi connectivity index (χ2v) is 6.81. The summed E-state index contributed by atoms with van der Waals surface area (Å²) in [6.07, 6.45) is 4.84. The van der Waals surface area contributed by atoms with Gasteiger partial charge in [-0.15, -0.1) is 0 Å². The lowest BCUT2D eigenvalue weighted by molar-refractivity contribution is 0.450. The molecule has 2 heterocycles. The standard InChI is InChI=1S/C23H19N3/c24-19-12-10-18(11-13-19)23(16-17-6-2-1-3-7-17)21-9-5-4-8-20(21)22-25-14-15-26(22)23/h1-15H,16,24H2. The van der Waals surface area contributed by atoms with Crippen LogP contribution in [-0.4, -0.2) is 9.55 Å². The van der Waals surface area contributed by atoms with Gasteiger partial charge in [-0.25, -0.2) is 4.98 Å². The highest BCUT2D eigenvalue weighted by molar-refractivity contribution is 5.71. The summed E-state index contributed by atoms with van der Waals surface area (Å²) in [5.41, 5.74) is 11.4. The first-order valence-electron chi connectivity index (χ1n) is 8.83. The lowest BCUT2D eigenvalue weighted by Crippen LogP contribution is -2.35. The molecule has 0 bridgehead atoms. The summed E-state index contributed by atoms with van der Waals surface area (Å²) in [4.78, 5) is 4.66. The van der Waals surface area contributed by atoms with Crippen molar-refractivity contribution < 1.29 is 0 Å². The van der Waals surface area contributed by atoms with Crippen molar-refractivity contribution in [2.45, 2.75) is 12.0 Å². The Kier molecular flexibility index (Phi) is 3.22. The zero-order valence-electron chi connectivity index (χ0n) is 14.3. The Balaban J connectivity index is 1.82. The molecule has 0 saturated heterocycles. The van der Waals surface area contributed by atoms with E-state index in [1.807, 2.05) is 18.3 Å². The average Bonchev–Trinajstić information content (AvgIpc) is 3.26. The van der Waals surface area contributed by atoms with Crippen LogP contribution in [0.5, 0.6) is 0 Å². The van der Waals surface area contributed by atoms with Crippen LogP contribution in [0.15, 0.2) is 91.3 Å². The van der Waals surface area contributed by atoms with Crippen LogP contribution in [0, 0.1) is 0 Å². The van der Waals surface area contributed by atoms with Crippen molar-refractivity contribution in [2.75, 3.05) is 5.73 Å². The van der Waals surface area contributed by atoms with Crippen LogP contribution in [0.2, 0.25) is 0 Å². The predicted molar refractivity (Wildman–Crippen MR) is 105 cm³/mol. The Bertz CT molecular complexity index is 1060. The first-order chi connectivity index (χ1) is 12.8. The number of nitrogens with two attached hydrogens (primary N) is 1. The Hall–Kier alpha value is -3.33. The number of anilines is 1. The number of hydrogen-bond donors (Lipinski definition) is 1. The van der Waals surface area contributed by atoms with Crippen molar-refractivity contribution in [3.05, 3.63) is 108 Å². The molecule has 3 heteroatoms. The van der Waals surface area contributed by atoms with Crippen LogP contribution in [0.1, 0.15) is 16.7 Å². The van der Waals surface area contributed by atoms with E-state index in [-0.39, 0.29) is 5.54 Å². The minimum atomic E-state index is -0.322. The molecule has 0 fully saturated rings. The first-order valence-corrected chi connectivity index (χ1v) is 8.83. The zero-order chi connectivity index (χ0) is 17.6. The Morgan fingerprint density at radius 3 is 2.38 bits per heavy atom. The number of rotatable bonds is 3. The van der Waals surface area contributed by atoms with Crippen LogP contribution >= 0.6 is 0 Å². The zero-order valence-corrected chi connectivity index (χ0v) is 14.3. The molecule has 2 N–H and O–H groups in total. The van der Waals surface area contributed by atoms with Crippen molar-refractivity contribution >= 4 is 5.69 Å². The third-order valence-corrected chi connectivity index (χ3v) is 5.36. The summed E-state index contributed by atoms with van der Waals surface area (Å²) < 4.78 is 2.32. The highest BCUT2D eigenvalue weighted by atomic mass is 15.2. The molecule has 0 aliphatic carbocycles. The Morgan fingerprint density at radius 1 is 0.846 bits per heavy atom. The van der Waals surface area contributed by atoms with E-state index in [1.165, 1.54) is 22.3 Å². The molecule has 1 unspecified atom stereocenters. The number of nitrogen functional groups attached to an aromatic ring is 1. The second-order valence-electron chi connectivity index (χ2n) is 6.81. The van der Waals surface area contributed by atoms with Gasteiger partial charge >= 0.3 is 0 Å². The van der Waals surface area contributed by atoms with Crippen LogP contribution in [0.25, 0.3) is 11.4 Å². The molecule has 5 rings (SSSR count). The summed E-state index contributed by atoms with van der Waals surface area (Å²) in [6.45, 7) is 0. The van der Waals surface area contributed by atoms with Gasteiger partial charge in [-0.1, -0.05) is 66.7 Å². The van der Waals surface area contributed by atoms with Gasteiger partial charge in [0, 0.05) is 30.1 Å². The fraction of sp³-hybridized carbons (Fsp3) is 0.0870. The summed E-state index contributed by atoms with van der Waals surface area (Å²) in [7, 11) is 0. The highest BCUT2D eigenvalue weighted by Crippen LogP contribution is 2.48. The quantitative estimate of drug-likeness (QED) is 0.560. The molecule has 3 aromatic carbocycles. The predicted octanol–water partition coefficient (Wildman–Crippen LogP) is 4.48. The lowest BCUT2D eigenvalue weighted by Gasteiger charge is -2.34. The fourth-order valence-electron chi connectivity index (χ4n) is 4.21. The van der Waals surface area contributed by atoms with Crippen molar-refractivity contribution in [1.29, 1.82) is 0 Å². The number of nitrogens with zero attached hydrogens (tertiary/aromatic N) is 2. The van der Waals surface area contributed by atoms with E-state index in [9.17, 15) is 0 Å². The van der Waals surface area contributed by atoms with Crippen LogP contribution < -0.4 is 5.73 Å². The van der Waals surface area contributed by atoms with E-state index in [2.05, 4.69) is 82.5 Å². The van der Waals surface area contributed by atoms with E-state index >= 15 is 0 Å². The van der Waals surface area contributed by atoms with Crippen LogP contribution in [-0.2, 0) is 12.0 Å². The van der Waals surface area contributed by atoms with E-state index in [0.717, 1.165) is 17.9 Å². The number of benzene rings is 3. The molecule has 0 spiro atoms. The maximum absolute atomic E-state index is 5.97. The fourth-order valence-corrected chi connectivity index (χ4v) is 4.21. The molecule has 3 nitrogen and oxygen atoms in total. The molecule has 1 aliphatic heterocycles. The van der Waals surface area contributed by atoms with E-state index in [4.69, 9.17) is 5.73 Å². The molecule has 26 heavy (non-hydrogen) atoms. The van der Waals surface area contributed by atoms with Gasteiger partial charge < -0.3 is 10.3 Å². The SMILES string of the molecule is Nc1ccc(C2(Cc3ccccc3)c3ccccc3-c3nccn32)cc1. The van der Waals surface area contributed by atoms with Crippen molar-refractivity contribution in [3.8, 4) is 11.4 Å². The molecule has 0 saturated carbocycles. The third-order valence-electron chi connectivity index (χ3n) is 5.36. The Morgan fingerprint density at radius 2 is 1.58 bits per heavy atom. The second kappa shape index (κ2) is 5.60.